The number of benzene rings is 2. The predicted molar refractivity (Wildman–Crippen MR) is 92.7 cm³/mol. The van der Waals surface area contributed by atoms with Crippen LogP contribution < -0.4 is 14.8 Å². The summed E-state index contributed by atoms with van der Waals surface area (Å²) in [5, 5.41) is 2.73. The van der Waals surface area contributed by atoms with Crippen molar-refractivity contribution in [3.63, 3.8) is 0 Å². The molecule has 0 saturated heterocycles. The fraction of sp³-hybridized carbons (Fsp3) is 0.263. The molecule has 0 radical (unpaired) electrons. The van der Waals surface area contributed by atoms with Crippen LogP contribution in [0.1, 0.15) is 22.8 Å². The number of esters is 1. The number of carbonyl (C=O) groups is 2. The molecule has 0 aromatic heterocycles. The van der Waals surface area contributed by atoms with E-state index in [1.54, 1.807) is 12.1 Å². The lowest BCUT2D eigenvalue weighted by atomic mass is 10.2. The lowest BCUT2D eigenvalue weighted by molar-refractivity contribution is -0.129. The molecule has 132 valence electrons. The maximum Gasteiger partial charge on any atom is 0.342 e. The van der Waals surface area contributed by atoms with Gasteiger partial charge in [-0.15, -0.1) is 0 Å². The number of hydrogen-bond acceptors (Lipinski definition) is 5. The van der Waals surface area contributed by atoms with E-state index >= 15 is 0 Å². The van der Waals surface area contributed by atoms with Crippen molar-refractivity contribution < 1.29 is 23.8 Å². The molecule has 0 fully saturated rings. The Labute approximate surface area is 146 Å². The van der Waals surface area contributed by atoms with E-state index in [1.165, 1.54) is 27.2 Å². The highest BCUT2D eigenvalue weighted by atomic mass is 16.5. The van der Waals surface area contributed by atoms with Crippen LogP contribution in [0.25, 0.3) is 0 Å². The minimum atomic E-state index is -0.928. The summed E-state index contributed by atoms with van der Waals surface area (Å²) in [6, 6.07) is 14.2. The molecule has 1 atom stereocenters. The summed E-state index contributed by atoms with van der Waals surface area (Å²) in [6.45, 7) is 1.89. The largest absolute Gasteiger partial charge is 0.497 e. The Morgan fingerprint density at radius 2 is 1.76 bits per heavy atom. The predicted octanol–water partition coefficient (Wildman–Crippen LogP) is 2.57. The second-order valence-corrected chi connectivity index (χ2v) is 5.32. The Morgan fingerprint density at radius 1 is 1.04 bits per heavy atom. The van der Waals surface area contributed by atoms with Crippen LogP contribution in [0.15, 0.2) is 48.5 Å². The molecule has 0 bridgehead atoms. The Morgan fingerprint density at radius 3 is 2.40 bits per heavy atom. The van der Waals surface area contributed by atoms with E-state index in [9.17, 15) is 9.59 Å². The van der Waals surface area contributed by atoms with Crippen LogP contribution in [-0.2, 0) is 16.1 Å². The highest BCUT2D eigenvalue weighted by molar-refractivity contribution is 5.94. The molecule has 0 aliphatic carbocycles. The first-order chi connectivity index (χ1) is 12.0. The summed E-state index contributed by atoms with van der Waals surface area (Å²) in [4.78, 5) is 24.4. The van der Waals surface area contributed by atoms with Gasteiger partial charge in [-0.05, 0) is 24.6 Å². The number of rotatable bonds is 7. The maximum absolute atomic E-state index is 12.3. The number of nitrogens with one attached hydrogen (secondary N) is 1. The standard InChI is InChI=1S/C19H21NO5/c1-13(18(21)20-12-14-7-5-4-6-8-14)25-19(22)16-10-9-15(23-2)11-17(16)24-3/h4-11,13H,12H2,1-3H3,(H,20,21). The average molecular weight is 343 g/mol. The molecule has 2 aromatic rings. The van der Waals surface area contributed by atoms with Gasteiger partial charge in [0.2, 0.25) is 0 Å². The molecule has 25 heavy (non-hydrogen) atoms. The molecule has 6 heteroatoms. The Balaban J connectivity index is 1.96. The van der Waals surface area contributed by atoms with Gasteiger partial charge in [0.1, 0.15) is 17.1 Å². The first-order valence-electron chi connectivity index (χ1n) is 7.79. The third-order valence-electron chi connectivity index (χ3n) is 3.59. The summed E-state index contributed by atoms with van der Waals surface area (Å²) in [6.07, 6.45) is -0.928. The van der Waals surface area contributed by atoms with Gasteiger partial charge in [-0.1, -0.05) is 30.3 Å². The van der Waals surface area contributed by atoms with Gasteiger partial charge in [0.15, 0.2) is 6.10 Å². The molecule has 1 unspecified atom stereocenters. The van der Waals surface area contributed by atoms with Crippen molar-refractivity contribution in [3.05, 3.63) is 59.7 Å². The highest BCUT2D eigenvalue weighted by Crippen LogP contribution is 2.25. The van der Waals surface area contributed by atoms with Crippen molar-refractivity contribution in [3.8, 4) is 11.5 Å². The van der Waals surface area contributed by atoms with Gasteiger partial charge in [-0.3, -0.25) is 4.79 Å². The molecule has 6 nitrogen and oxygen atoms in total. The van der Waals surface area contributed by atoms with E-state index in [1.807, 2.05) is 30.3 Å². The second kappa shape index (κ2) is 8.73. The molecule has 1 amide bonds. The van der Waals surface area contributed by atoms with Gasteiger partial charge in [-0.2, -0.15) is 0 Å². The fourth-order valence-corrected chi connectivity index (χ4v) is 2.17. The number of carbonyl (C=O) groups excluding carboxylic acids is 2. The van der Waals surface area contributed by atoms with Gasteiger partial charge in [0.05, 0.1) is 14.2 Å². The van der Waals surface area contributed by atoms with Gasteiger partial charge in [-0.25, -0.2) is 4.79 Å². The van der Waals surface area contributed by atoms with E-state index in [0.717, 1.165) is 5.56 Å². The zero-order valence-electron chi connectivity index (χ0n) is 14.4. The van der Waals surface area contributed by atoms with Crippen LogP contribution in [-0.4, -0.2) is 32.2 Å². The van der Waals surface area contributed by atoms with Gasteiger partial charge >= 0.3 is 5.97 Å². The van der Waals surface area contributed by atoms with Crippen LogP contribution >= 0.6 is 0 Å². The van der Waals surface area contributed by atoms with Gasteiger partial charge in [0, 0.05) is 12.6 Å². The number of methoxy groups -OCH3 is 2. The van der Waals surface area contributed by atoms with Crippen LogP contribution in [0.5, 0.6) is 11.5 Å². The molecule has 2 aromatic carbocycles. The number of hydrogen-bond donors (Lipinski definition) is 1. The Hall–Kier alpha value is -3.02. The lowest BCUT2D eigenvalue weighted by Gasteiger charge is -2.15. The van der Waals surface area contributed by atoms with Gasteiger partial charge in [0.25, 0.3) is 5.91 Å². The van der Waals surface area contributed by atoms with Crippen molar-refractivity contribution in [2.24, 2.45) is 0 Å². The van der Waals surface area contributed by atoms with Crippen LogP contribution in [0.2, 0.25) is 0 Å². The average Bonchev–Trinajstić information content (AvgIpc) is 2.66. The molecular formula is C19H21NO5. The lowest BCUT2D eigenvalue weighted by Crippen LogP contribution is -2.35. The molecule has 0 heterocycles. The fourth-order valence-electron chi connectivity index (χ4n) is 2.17. The van der Waals surface area contributed by atoms with E-state index in [-0.39, 0.29) is 11.5 Å². The van der Waals surface area contributed by atoms with Crippen molar-refractivity contribution >= 4 is 11.9 Å². The van der Waals surface area contributed by atoms with Crippen molar-refractivity contribution in [1.82, 2.24) is 5.32 Å². The van der Waals surface area contributed by atoms with E-state index in [4.69, 9.17) is 14.2 Å². The Kier molecular flexibility index (Phi) is 6.39. The van der Waals surface area contributed by atoms with Crippen molar-refractivity contribution in [2.45, 2.75) is 19.6 Å². The van der Waals surface area contributed by atoms with E-state index in [0.29, 0.717) is 18.0 Å². The molecule has 0 aliphatic rings. The first kappa shape index (κ1) is 18.3. The second-order valence-electron chi connectivity index (χ2n) is 5.32. The quantitative estimate of drug-likeness (QED) is 0.782. The molecule has 2 rings (SSSR count). The van der Waals surface area contributed by atoms with Crippen LogP contribution in [0.4, 0.5) is 0 Å². The normalized spacial score (nSPS) is 11.3. The number of amides is 1. The topological polar surface area (TPSA) is 73.9 Å². The summed E-state index contributed by atoms with van der Waals surface area (Å²) in [5.41, 5.74) is 1.19. The van der Waals surface area contributed by atoms with Crippen molar-refractivity contribution in [1.29, 1.82) is 0 Å². The maximum atomic E-state index is 12.3. The van der Waals surface area contributed by atoms with Crippen LogP contribution in [0, 0.1) is 0 Å². The minimum Gasteiger partial charge on any atom is -0.497 e. The van der Waals surface area contributed by atoms with Gasteiger partial charge < -0.3 is 19.5 Å². The zero-order valence-corrected chi connectivity index (χ0v) is 14.4. The first-order valence-corrected chi connectivity index (χ1v) is 7.79. The molecule has 0 aliphatic heterocycles. The summed E-state index contributed by atoms with van der Waals surface area (Å²) in [7, 11) is 2.97. The SMILES string of the molecule is COc1ccc(C(=O)OC(C)C(=O)NCc2ccccc2)c(OC)c1. The summed E-state index contributed by atoms with van der Waals surface area (Å²) >= 11 is 0. The molecule has 1 N–H and O–H groups in total. The van der Waals surface area contributed by atoms with Crippen LogP contribution in [0.3, 0.4) is 0 Å². The summed E-state index contributed by atoms with van der Waals surface area (Å²) in [5.74, 6) is -0.130. The van der Waals surface area contributed by atoms with E-state index < -0.39 is 12.1 Å². The molecular weight excluding hydrogens is 322 g/mol. The third-order valence-corrected chi connectivity index (χ3v) is 3.59. The zero-order chi connectivity index (χ0) is 18.2. The molecule has 0 spiro atoms. The monoisotopic (exact) mass is 343 g/mol. The number of ether oxygens (including phenoxy) is 3. The summed E-state index contributed by atoms with van der Waals surface area (Å²) < 4.78 is 15.5. The minimum absolute atomic E-state index is 0.228. The Bertz CT molecular complexity index is 730. The van der Waals surface area contributed by atoms with Crippen molar-refractivity contribution in [2.75, 3.05) is 14.2 Å². The van der Waals surface area contributed by atoms with E-state index in [2.05, 4.69) is 5.32 Å². The third kappa shape index (κ3) is 4.97. The smallest absolute Gasteiger partial charge is 0.342 e. The molecule has 0 saturated carbocycles. The highest BCUT2D eigenvalue weighted by Gasteiger charge is 2.21.